The van der Waals surface area contributed by atoms with E-state index < -0.39 is 47.4 Å². The molecule has 1 aromatic carbocycles. The van der Waals surface area contributed by atoms with Crippen molar-refractivity contribution in [3.8, 4) is 0 Å². The summed E-state index contributed by atoms with van der Waals surface area (Å²) in [6.07, 6.45) is 1.89. The lowest BCUT2D eigenvalue weighted by Gasteiger charge is -2.43. The van der Waals surface area contributed by atoms with Crippen LogP contribution < -0.4 is 10.6 Å². The Hall–Kier alpha value is -3.50. The maximum absolute atomic E-state index is 13.1. The SMILES string of the molecule is Cc1ccc(NC(=O)COC(=O)CN2C(=O)NC3(CC(C)CC(C)(C)C3)C2=O)c([N+](=O)[O-])c1. The number of esters is 1. The molecule has 11 nitrogen and oxygen atoms in total. The number of urea groups is 1. The van der Waals surface area contributed by atoms with E-state index in [0.29, 0.717) is 18.4 Å². The van der Waals surface area contributed by atoms with Crippen LogP contribution in [0.5, 0.6) is 0 Å². The molecular formula is C22H28N4O7. The van der Waals surface area contributed by atoms with E-state index in [0.717, 1.165) is 11.3 Å². The van der Waals surface area contributed by atoms with E-state index in [4.69, 9.17) is 4.74 Å². The molecule has 1 spiro atoms. The summed E-state index contributed by atoms with van der Waals surface area (Å²) < 4.78 is 4.90. The molecule has 2 N–H and O–H groups in total. The first-order chi connectivity index (χ1) is 15.3. The maximum Gasteiger partial charge on any atom is 0.326 e. The molecule has 178 valence electrons. The van der Waals surface area contributed by atoms with E-state index in [1.807, 2.05) is 20.8 Å². The first-order valence-electron chi connectivity index (χ1n) is 10.7. The lowest BCUT2D eigenvalue weighted by atomic mass is 9.64. The summed E-state index contributed by atoms with van der Waals surface area (Å²) in [4.78, 5) is 61.2. The summed E-state index contributed by atoms with van der Waals surface area (Å²) in [5.74, 6) is -1.97. The van der Waals surface area contributed by atoms with E-state index >= 15 is 0 Å². The number of benzene rings is 1. The van der Waals surface area contributed by atoms with Gasteiger partial charge in [0.15, 0.2) is 6.61 Å². The van der Waals surface area contributed by atoms with Gasteiger partial charge in [-0.25, -0.2) is 4.79 Å². The molecule has 0 radical (unpaired) electrons. The van der Waals surface area contributed by atoms with E-state index in [1.165, 1.54) is 12.1 Å². The zero-order valence-electron chi connectivity index (χ0n) is 19.1. The third-order valence-corrected chi connectivity index (χ3v) is 5.90. The van der Waals surface area contributed by atoms with Crippen LogP contribution in [0.2, 0.25) is 0 Å². The molecule has 4 amide bonds. The lowest BCUT2D eigenvalue weighted by Crippen LogP contribution is -2.54. The molecule has 2 aliphatic rings. The predicted molar refractivity (Wildman–Crippen MR) is 117 cm³/mol. The Labute approximate surface area is 191 Å². The van der Waals surface area contributed by atoms with Crippen molar-refractivity contribution in [1.82, 2.24) is 10.2 Å². The van der Waals surface area contributed by atoms with Gasteiger partial charge in [0, 0.05) is 6.07 Å². The largest absolute Gasteiger partial charge is 0.454 e. The van der Waals surface area contributed by atoms with Gasteiger partial charge in [0.2, 0.25) is 0 Å². The summed E-state index contributed by atoms with van der Waals surface area (Å²) >= 11 is 0. The first kappa shape index (κ1) is 24.1. The number of nitro groups is 1. The van der Waals surface area contributed by atoms with Crippen LogP contribution >= 0.6 is 0 Å². The second-order valence-corrected chi connectivity index (χ2v) is 9.74. The van der Waals surface area contributed by atoms with Crippen molar-refractivity contribution in [3.63, 3.8) is 0 Å². The molecule has 11 heteroatoms. The molecule has 1 aliphatic heterocycles. The molecule has 1 aromatic rings. The van der Waals surface area contributed by atoms with Crippen molar-refractivity contribution in [2.75, 3.05) is 18.5 Å². The Kier molecular flexibility index (Phi) is 6.44. The van der Waals surface area contributed by atoms with Crippen LogP contribution in [0.1, 0.15) is 45.6 Å². The van der Waals surface area contributed by atoms with Gasteiger partial charge in [0.05, 0.1) is 4.92 Å². The number of carbonyl (C=O) groups is 4. The van der Waals surface area contributed by atoms with Crippen LogP contribution in [0.25, 0.3) is 0 Å². The highest BCUT2D eigenvalue weighted by molar-refractivity contribution is 6.09. The maximum atomic E-state index is 13.1. The third kappa shape index (κ3) is 5.29. The van der Waals surface area contributed by atoms with Gasteiger partial charge >= 0.3 is 12.0 Å². The summed E-state index contributed by atoms with van der Waals surface area (Å²) in [5.41, 5.74) is -0.859. The molecule has 0 aromatic heterocycles. The highest BCUT2D eigenvalue weighted by Crippen LogP contribution is 2.46. The number of hydrogen-bond acceptors (Lipinski definition) is 7. The number of ether oxygens (including phenoxy) is 1. The minimum absolute atomic E-state index is 0.0308. The van der Waals surface area contributed by atoms with Crippen molar-refractivity contribution in [3.05, 3.63) is 33.9 Å². The molecule has 2 fully saturated rings. The molecule has 2 atom stereocenters. The Bertz CT molecular complexity index is 1020. The molecule has 2 unspecified atom stereocenters. The number of hydrogen-bond donors (Lipinski definition) is 2. The van der Waals surface area contributed by atoms with Crippen molar-refractivity contribution in [2.24, 2.45) is 11.3 Å². The predicted octanol–water partition coefficient (Wildman–Crippen LogP) is 2.52. The number of aryl methyl sites for hydroxylation is 1. The Morgan fingerprint density at radius 2 is 2.00 bits per heavy atom. The number of rotatable bonds is 6. The smallest absolute Gasteiger partial charge is 0.326 e. The van der Waals surface area contributed by atoms with E-state index in [2.05, 4.69) is 10.6 Å². The molecule has 0 bridgehead atoms. The number of carbonyl (C=O) groups excluding carboxylic acids is 4. The van der Waals surface area contributed by atoms with Crippen LogP contribution in [0.3, 0.4) is 0 Å². The Balaban J connectivity index is 1.58. The average molecular weight is 460 g/mol. The molecule has 33 heavy (non-hydrogen) atoms. The highest BCUT2D eigenvalue weighted by atomic mass is 16.6. The normalized spacial score (nSPS) is 23.9. The molecule has 3 rings (SSSR count). The fourth-order valence-corrected chi connectivity index (χ4v) is 5.06. The van der Waals surface area contributed by atoms with Crippen molar-refractivity contribution in [2.45, 2.75) is 52.5 Å². The van der Waals surface area contributed by atoms with Crippen LogP contribution in [0.4, 0.5) is 16.2 Å². The van der Waals surface area contributed by atoms with Gasteiger partial charge in [0.1, 0.15) is 17.8 Å². The minimum atomic E-state index is -1.04. The lowest BCUT2D eigenvalue weighted by molar-refractivity contribution is -0.384. The number of nitrogens with zero attached hydrogens (tertiary/aromatic N) is 2. The molecule has 1 heterocycles. The molecule has 1 aliphatic carbocycles. The van der Waals surface area contributed by atoms with E-state index in [9.17, 15) is 29.3 Å². The Morgan fingerprint density at radius 3 is 2.64 bits per heavy atom. The number of imide groups is 1. The average Bonchev–Trinajstić information content (AvgIpc) is 2.89. The standard InChI is InChI=1S/C22H28N4O7/c1-13-5-6-15(16(7-13)26(31)32)23-17(27)11-33-18(28)10-25-19(29)22(24-20(25)30)9-14(2)8-21(3,4)12-22/h5-7,14H,8-12H2,1-4H3,(H,23,27)(H,24,30). The van der Waals surface area contributed by atoms with Crippen molar-refractivity contribution in [1.29, 1.82) is 0 Å². The summed E-state index contributed by atoms with van der Waals surface area (Å²) in [6, 6.07) is 3.62. The van der Waals surface area contributed by atoms with Crippen molar-refractivity contribution < 1.29 is 28.8 Å². The molecular weight excluding hydrogens is 432 g/mol. The summed E-state index contributed by atoms with van der Waals surface area (Å²) in [5, 5.41) is 16.3. The first-order valence-corrected chi connectivity index (χ1v) is 10.7. The minimum Gasteiger partial charge on any atom is -0.454 e. The van der Waals surface area contributed by atoms with Gasteiger partial charge in [-0.05, 0) is 49.1 Å². The number of nitro benzene ring substituents is 1. The summed E-state index contributed by atoms with van der Waals surface area (Å²) in [6.45, 7) is 6.43. The molecule has 1 saturated carbocycles. The second kappa shape index (κ2) is 8.80. The van der Waals surface area contributed by atoms with Crippen LogP contribution in [-0.2, 0) is 19.1 Å². The van der Waals surface area contributed by atoms with E-state index in [-0.39, 0.29) is 22.7 Å². The summed E-state index contributed by atoms with van der Waals surface area (Å²) in [7, 11) is 0. The topological polar surface area (TPSA) is 148 Å². The number of amides is 4. The second-order valence-electron chi connectivity index (χ2n) is 9.74. The van der Waals surface area contributed by atoms with Gasteiger partial charge in [-0.15, -0.1) is 0 Å². The quantitative estimate of drug-likeness (QED) is 0.287. The monoisotopic (exact) mass is 460 g/mol. The van der Waals surface area contributed by atoms with Crippen LogP contribution in [0, 0.1) is 28.4 Å². The van der Waals surface area contributed by atoms with E-state index in [1.54, 1.807) is 13.0 Å². The zero-order chi connectivity index (χ0) is 24.6. The number of anilines is 1. The number of nitrogens with one attached hydrogen (secondary N) is 2. The van der Waals surface area contributed by atoms with Gasteiger partial charge < -0.3 is 15.4 Å². The highest BCUT2D eigenvalue weighted by Gasteiger charge is 2.56. The van der Waals surface area contributed by atoms with Gasteiger partial charge in [-0.1, -0.05) is 26.8 Å². The van der Waals surface area contributed by atoms with Crippen molar-refractivity contribution >= 4 is 35.2 Å². The fraction of sp³-hybridized carbons (Fsp3) is 0.545. The van der Waals surface area contributed by atoms with Gasteiger partial charge in [0.25, 0.3) is 17.5 Å². The fourth-order valence-electron chi connectivity index (χ4n) is 5.06. The van der Waals surface area contributed by atoms with Crippen LogP contribution in [-0.4, -0.2) is 52.3 Å². The van der Waals surface area contributed by atoms with Gasteiger partial charge in [-0.3, -0.25) is 29.4 Å². The molecule has 1 saturated heterocycles. The third-order valence-electron chi connectivity index (χ3n) is 5.90. The zero-order valence-corrected chi connectivity index (χ0v) is 19.1. The Morgan fingerprint density at radius 1 is 1.30 bits per heavy atom. The van der Waals surface area contributed by atoms with Gasteiger partial charge in [-0.2, -0.15) is 0 Å². The van der Waals surface area contributed by atoms with Crippen LogP contribution in [0.15, 0.2) is 18.2 Å².